The third kappa shape index (κ3) is 3.88. The fourth-order valence-electron chi connectivity index (χ4n) is 2.04. The normalized spacial score (nSPS) is 14.1. The summed E-state index contributed by atoms with van der Waals surface area (Å²) in [6.07, 6.45) is 3.84. The van der Waals surface area contributed by atoms with E-state index >= 15 is 0 Å². The number of benzene rings is 1. The van der Waals surface area contributed by atoms with Gasteiger partial charge in [-0.05, 0) is 25.0 Å². The average molecular weight is 285 g/mol. The summed E-state index contributed by atoms with van der Waals surface area (Å²) in [5, 5.41) is 14.8. The third-order valence-electron chi connectivity index (χ3n) is 3.38. The fraction of sp³-hybridized carbons (Fsp3) is 0.400. The van der Waals surface area contributed by atoms with E-state index in [-0.39, 0.29) is 11.8 Å². The summed E-state index contributed by atoms with van der Waals surface area (Å²) in [5.74, 6) is 0.461. The minimum atomic E-state index is 0.187. The number of carbonyl (C=O) groups excluding carboxylic acids is 1. The minimum absolute atomic E-state index is 0.187. The number of aromatic nitrogens is 3. The second-order valence-electron chi connectivity index (χ2n) is 5.20. The number of hydrogen-bond donors (Lipinski definition) is 2. The molecule has 0 spiro atoms. The Morgan fingerprint density at radius 3 is 2.81 bits per heavy atom. The molecule has 0 bridgehead atoms. The van der Waals surface area contributed by atoms with Gasteiger partial charge in [-0.1, -0.05) is 18.2 Å². The lowest BCUT2D eigenvalue weighted by Gasteiger charge is -2.04. The molecule has 0 unspecified atom stereocenters. The third-order valence-corrected chi connectivity index (χ3v) is 3.38. The van der Waals surface area contributed by atoms with Crippen molar-refractivity contribution in [2.75, 3.05) is 13.1 Å². The van der Waals surface area contributed by atoms with Crippen LogP contribution in [0.4, 0.5) is 0 Å². The monoisotopic (exact) mass is 285 g/mol. The molecule has 1 aliphatic rings. The first-order valence-corrected chi connectivity index (χ1v) is 7.28. The molecule has 1 aromatic heterocycles. The Morgan fingerprint density at radius 1 is 1.24 bits per heavy atom. The van der Waals surface area contributed by atoms with Gasteiger partial charge in [0.25, 0.3) is 0 Å². The molecule has 1 aliphatic carbocycles. The van der Waals surface area contributed by atoms with Crippen molar-refractivity contribution in [1.29, 1.82) is 0 Å². The summed E-state index contributed by atoms with van der Waals surface area (Å²) < 4.78 is 0. The predicted molar refractivity (Wildman–Crippen MR) is 78.8 cm³/mol. The maximum atomic E-state index is 11.4. The first-order valence-electron chi connectivity index (χ1n) is 7.28. The highest BCUT2D eigenvalue weighted by atomic mass is 16.2. The maximum absolute atomic E-state index is 11.4. The van der Waals surface area contributed by atoms with Crippen molar-refractivity contribution in [3.63, 3.8) is 0 Å². The molecule has 1 amide bonds. The topological polar surface area (TPSA) is 71.8 Å². The largest absolute Gasteiger partial charge is 0.355 e. The number of hydrogen-bond acceptors (Lipinski definition) is 4. The Hall–Kier alpha value is -2.21. The molecule has 110 valence electrons. The quantitative estimate of drug-likeness (QED) is 0.741. The van der Waals surface area contributed by atoms with E-state index in [2.05, 4.69) is 20.8 Å². The van der Waals surface area contributed by atoms with Gasteiger partial charge in [0.15, 0.2) is 0 Å². The van der Waals surface area contributed by atoms with E-state index in [0.29, 0.717) is 13.1 Å². The van der Waals surface area contributed by atoms with Crippen molar-refractivity contribution >= 4 is 5.91 Å². The first kappa shape index (κ1) is 13.8. The average Bonchev–Trinajstić information content (AvgIpc) is 3.27. The molecule has 2 aromatic rings. The molecule has 0 saturated heterocycles. The van der Waals surface area contributed by atoms with Crippen LogP contribution in [0.15, 0.2) is 36.5 Å². The summed E-state index contributed by atoms with van der Waals surface area (Å²) in [4.78, 5) is 13.1. The van der Waals surface area contributed by atoms with Gasteiger partial charge in [-0.3, -0.25) is 4.79 Å². The van der Waals surface area contributed by atoms with Crippen LogP contribution in [0, 0.1) is 5.92 Å². The van der Waals surface area contributed by atoms with Gasteiger partial charge in [0, 0.05) is 25.6 Å². The molecule has 2 N–H and O–H groups in total. The van der Waals surface area contributed by atoms with Crippen LogP contribution in [0.2, 0.25) is 0 Å². The second-order valence-corrected chi connectivity index (χ2v) is 5.20. The van der Waals surface area contributed by atoms with E-state index in [4.69, 9.17) is 0 Å². The van der Waals surface area contributed by atoms with E-state index in [9.17, 15) is 4.79 Å². The number of rotatable bonds is 7. The van der Waals surface area contributed by atoms with E-state index in [1.165, 1.54) is 0 Å². The van der Waals surface area contributed by atoms with E-state index in [0.717, 1.165) is 30.8 Å². The van der Waals surface area contributed by atoms with Crippen LogP contribution in [0.1, 0.15) is 18.5 Å². The molecule has 6 heteroatoms. The van der Waals surface area contributed by atoms with Crippen LogP contribution >= 0.6 is 0 Å². The lowest BCUT2D eigenvalue weighted by atomic mass is 10.3. The zero-order valence-electron chi connectivity index (χ0n) is 11.8. The van der Waals surface area contributed by atoms with E-state index < -0.39 is 0 Å². The first-order chi connectivity index (χ1) is 10.3. The summed E-state index contributed by atoms with van der Waals surface area (Å²) in [6, 6.07) is 9.80. The Balaban J connectivity index is 1.39. The fourth-order valence-corrected chi connectivity index (χ4v) is 2.04. The van der Waals surface area contributed by atoms with Gasteiger partial charge >= 0.3 is 0 Å². The van der Waals surface area contributed by atoms with Crippen molar-refractivity contribution in [2.45, 2.75) is 19.4 Å². The molecular formula is C15H19N5O. The molecule has 1 heterocycles. The molecule has 3 rings (SSSR count). The summed E-state index contributed by atoms with van der Waals surface area (Å²) in [6.45, 7) is 2.03. The molecule has 21 heavy (non-hydrogen) atoms. The zero-order chi connectivity index (χ0) is 14.5. The van der Waals surface area contributed by atoms with Gasteiger partial charge in [-0.15, -0.1) is 0 Å². The van der Waals surface area contributed by atoms with Crippen LogP contribution in [-0.2, 0) is 11.3 Å². The van der Waals surface area contributed by atoms with Crippen LogP contribution in [0.5, 0.6) is 0 Å². The van der Waals surface area contributed by atoms with Gasteiger partial charge in [0.1, 0.15) is 0 Å². The molecule has 6 nitrogen and oxygen atoms in total. The Bertz CT molecular complexity index is 591. The van der Waals surface area contributed by atoms with Crippen LogP contribution in [-0.4, -0.2) is 34.0 Å². The molecule has 1 saturated carbocycles. The van der Waals surface area contributed by atoms with Crippen molar-refractivity contribution in [3.05, 3.63) is 42.2 Å². The maximum Gasteiger partial charge on any atom is 0.223 e. The Kier molecular flexibility index (Phi) is 4.25. The minimum Gasteiger partial charge on any atom is -0.355 e. The predicted octanol–water partition coefficient (Wildman–Crippen LogP) is 0.883. The highest BCUT2D eigenvalue weighted by Crippen LogP contribution is 2.28. The Labute approximate surface area is 123 Å². The molecule has 0 radical (unpaired) electrons. The number of nitrogens with one attached hydrogen (secondary N) is 2. The molecule has 1 fully saturated rings. The molecule has 0 atom stereocenters. The van der Waals surface area contributed by atoms with Gasteiger partial charge in [-0.2, -0.15) is 15.0 Å². The van der Waals surface area contributed by atoms with Gasteiger partial charge < -0.3 is 10.6 Å². The highest BCUT2D eigenvalue weighted by Gasteiger charge is 2.28. The van der Waals surface area contributed by atoms with Gasteiger partial charge in [0.05, 0.1) is 17.6 Å². The van der Waals surface area contributed by atoms with Crippen molar-refractivity contribution < 1.29 is 4.79 Å². The van der Waals surface area contributed by atoms with Crippen LogP contribution in [0.25, 0.3) is 5.69 Å². The number of amides is 1. The smallest absolute Gasteiger partial charge is 0.223 e. The second kappa shape index (κ2) is 6.49. The Morgan fingerprint density at radius 2 is 2.05 bits per heavy atom. The summed E-state index contributed by atoms with van der Waals surface area (Å²) in [5.41, 5.74) is 1.83. The number of nitrogens with zero attached hydrogens (tertiary/aromatic N) is 3. The van der Waals surface area contributed by atoms with Crippen molar-refractivity contribution in [2.24, 2.45) is 5.92 Å². The van der Waals surface area contributed by atoms with Gasteiger partial charge in [0.2, 0.25) is 5.91 Å². The van der Waals surface area contributed by atoms with Gasteiger partial charge in [-0.25, -0.2) is 0 Å². The van der Waals surface area contributed by atoms with Crippen LogP contribution < -0.4 is 10.6 Å². The lowest BCUT2D eigenvalue weighted by molar-refractivity contribution is -0.122. The van der Waals surface area contributed by atoms with E-state index in [1.807, 2.05) is 30.3 Å². The van der Waals surface area contributed by atoms with Crippen molar-refractivity contribution in [3.8, 4) is 5.69 Å². The number of carbonyl (C=O) groups is 1. The highest BCUT2D eigenvalue weighted by molar-refractivity contribution is 5.80. The summed E-state index contributed by atoms with van der Waals surface area (Å²) in [7, 11) is 0. The molecular weight excluding hydrogens is 266 g/mol. The molecule has 1 aromatic carbocycles. The number of para-hydroxylation sites is 1. The van der Waals surface area contributed by atoms with Crippen LogP contribution in [0.3, 0.4) is 0 Å². The van der Waals surface area contributed by atoms with Crippen molar-refractivity contribution in [1.82, 2.24) is 25.6 Å². The SMILES string of the molecule is O=C(NCCNCc1cnn(-c2ccccc2)n1)C1CC1. The van der Waals surface area contributed by atoms with E-state index in [1.54, 1.807) is 11.0 Å². The lowest BCUT2D eigenvalue weighted by Crippen LogP contribution is -2.32. The summed E-state index contributed by atoms with van der Waals surface area (Å²) >= 11 is 0. The standard InChI is InChI=1S/C15H19N5O/c21-15(12-6-7-12)17-9-8-16-10-13-11-18-20(19-13)14-4-2-1-3-5-14/h1-5,11-12,16H,6-10H2,(H,17,21). The molecule has 0 aliphatic heterocycles. The zero-order valence-corrected chi connectivity index (χ0v) is 11.8.